The van der Waals surface area contributed by atoms with Gasteiger partial charge in [-0.05, 0) is 39.0 Å². The van der Waals surface area contributed by atoms with Gasteiger partial charge >= 0.3 is 0 Å². The third kappa shape index (κ3) is 2.13. The molecule has 2 rings (SSSR count). The summed E-state index contributed by atoms with van der Waals surface area (Å²) in [5.74, 6) is -1.05. The average Bonchev–Trinajstić information content (AvgIpc) is 2.58. The lowest BCUT2D eigenvalue weighted by Gasteiger charge is -2.04. The van der Waals surface area contributed by atoms with Gasteiger partial charge in [0.15, 0.2) is 5.12 Å². The van der Waals surface area contributed by atoms with E-state index in [1.165, 1.54) is 0 Å². The Balaban J connectivity index is 2.45. The summed E-state index contributed by atoms with van der Waals surface area (Å²) in [6, 6.07) is 2.17. The summed E-state index contributed by atoms with van der Waals surface area (Å²) in [6.45, 7) is 0. The van der Waals surface area contributed by atoms with Crippen molar-refractivity contribution in [1.82, 2.24) is 0 Å². The van der Waals surface area contributed by atoms with Crippen LogP contribution in [0.1, 0.15) is 12.0 Å². The maximum atomic E-state index is 13.5. The first kappa shape index (κ1) is 10.8. The van der Waals surface area contributed by atoms with Crippen molar-refractivity contribution in [2.24, 2.45) is 0 Å². The quantitative estimate of drug-likeness (QED) is 0.733. The molecule has 5 heteroatoms. The van der Waals surface area contributed by atoms with Gasteiger partial charge in [0.1, 0.15) is 11.6 Å². The molecule has 1 heterocycles. The van der Waals surface area contributed by atoms with Crippen molar-refractivity contribution in [3.63, 3.8) is 0 Å². The number of thioether (sulfide) groups is 1. The monoisotopic (exact) mass is 290 g/mol. The highest BCUT2D eigenvalue weighted by Crippen LogP contribution is 2.34. The van der Waals surface area contributed by atoms with Gasteiger partial charge in [0.25, 0.3) is 0 Å². The van der Waals surface area contributed by atoms with E-state index in [0.29, 0.717) is 5.57 Å². The van der Waals surface area contributed by atoms with E-state index in [0.717, 1.165) is 23.9 Å². The molecule has 0 saturated carbocycles. The Labute approximate surface area is 97.7 Å². The van der Waals surface area contributed by atoms with Crippen LogP contribution in [0, 0.1) is 11.6 Å². The third-order valence-corrected chi connectivity index (χ3v) is 3.44. The zero-order valence-corrected chi connectivity index (χ0v) is 9.79. The minimum absolute atomic E-state index is 0.0484. The molecule has 1 nitrogen and oxygen atoms in total. The first-order chi connectivity index (χ1) is 7.08. The van der Waals surface area contributed by atoms with Crippen LogP contribution in [0.2, 0.25) is 0 Å². The molecular weight excluding hydrogens is 286 g/mol. The van der Waals surface area contributed by atoms with Crippen molar-refractivity contribution in [1.29, 1.82) is 0 Å². The van der Waals surface area contributed by atoms with Gasteiger partial charge in [-0.25, -0.2) is 8.78 Å². The lowest BCUT2D eigenvalue weighted by Crippen LogP contribution is -1.93. The van der Waals surface area contributed by atoms with Gasteiger partial charge in [-0.2, -0.15) is 0 Å². The molecule has 1 aliphatic heterocycles. The van der Waals surface area contributed by atoms with E-state index < -0.39 is 11.6 Å². The topological polar surface area (TPSA) is 17.1 Å². The maximum absolute atomic E-state index is 13.5. The van der Waals surface area contributed by atoms with Crippen molar-refractivity contribution in [3.8, 4) is 0 Å². The molecule has 0 amide bonds. The molecule has 78 valence electrons. The molecule has 0 saturated heterocycles. The number of halogens is 3. The lowest BCUT2D eigenvalue weighted by atomic mass is 10.0. The highest BCUT2D eigenvalue weighted by molar-refractivity contribution is 9.10. The van der Waals surface area contributed by atoms with Gasteiger partial charge in [-0.1, -0.05) is 11.8 Å². The van der Waals surface area contributed by atoms with Gasteiger partial charge in [0, 0.05) is 12.0 Å². The predicted molar refractivity (Wildman–Crippen MR) is 59.3 cm³/mol. The van der Waals surface area contributed by atoms with Crippen LogP contribution in [0.4, 0.5) is 8.78 Å². The molecular formula is C10H5BrF2OS. The number of benzene rings is 1. The van der Waals surface area contributed by atoms with E-state index >= 15 is 0 Å². The predicted octanol–water partition coefficient (Wildman–Crippen LogP) is 3.73. The Morgan fingerprint density at radius 2 is 2.00 bits per heavy atom. The summed E-state index contributed by atoms with van der Waals surface area (Å²) in [4.78, 5) is 11.0. The maximum Gasteiger partial charge on any atom is 0.197 e. The van der Waals surface area contributed by atoms with Crippen LogP contribution in [0.15, 0.2) is 22.0 Å². The van der Waals surface area contributed by atoms with E-state index in [1.807, 2.05) is 0 Å². The van der Waals surface area contributed by atoms with E-state index in [-0.39, 0.29) is 21.6 Å². The van der Waals surface area contributed by atoms with Gasteiger partial charge in [0.2, 0.25) is 0 Å². The molecule has 0 fully saturated rings. The summed E-state index contributed by atoms with van der Waals surface area (Å²) >= 11 is 3.91. The Kier molecular flexibility index (Phi) is 2.93. The fourth-order valence-electron chi connectivity index (χ4n) is 1.30. The number of rotatable bonds is 1. The van der Waals surface area contributed by atoms with Gasteiger partial charge < -0.3 is 0 Å². The summed E-state index contributed by atoms with van der Waals surface area (Å²) < 4.78 is 26.7. The van der Waals surface area contributed by atoms with E-state index in [9.17, 15) is 13.6 Å². The standard InChI is InChI=1S/C10H5BrF2OS/c11-7-3-8(12)6(2-9(7)13)5-1-10(14)15-4-5/h2-4H,1H2. The molecule has 0 aliphatic carbocycles. The average molecular weight is 291 g/mol. The smallest absolute Gasteiger partial charge is 0.197 e. The van der Waals surface area contributed by atoms with Crippen LogP contribution in [0.25, 0.3) is 5.57 Å². The lowest BCUT2D eigenvalue weighted by molar-refractivity contribution is -0.109. The second-order valence-electron chi connectivity index (χ2n) is 3.06. The highest BCUT2D eigenvalue weighted by atomic mass is 79.9. The molecule has 0 radical (unpaired) electrons. The molecule has 1 aromatic carbocycles. The van der Waals surface area contributed by atoms with Crippen molar-refractivity contribution in [2.75, 3.05) is 0 Å². The third-order valence-electron chi connectivity index (χ3n) is 2.02. The Bertz CT molecular complexity index is 471. The van der Waals surface area contributed by atoms with Crippen molar-refractivity contribution in [3.05, 3.63) is 39.2 Å². The fourth-order valence-corrected chi connectivity index (χ4v) is 2.34. The van der Waals surface area contributed by atoms with Gasteiger partial charge in [0.05, 0.1) is 4.47 Å². The summed E-state index contributed by atoms with van der Waals surface area (Å²) in [7, 11) is 0. The van der Waals surface area contributed by atoms with Crippen molar-refractivity contribution < 1.29 is 13.6 Å². The van der Waals surface area contributed by atoms with Gasteiger partial charge in [-0.15, -0.1) is 0 Å². The Morgan fingerprint density at radius 3 is 2.60 bits per heavy atom. The Morgan fingerprint density at radius 1 is 1.27 bits per heavy atom. The largest absolute Gasteiger partial charge is 0.286 e. The van der Waals surface area contributed by atoms with Gasteiger partial charge in [-0.3, -0.25) is 4.79 Å². The van der Waals surface area contributed by atoms with Crippen LogP contribution in [-0.4, -0.2) is 5.12 Å². The van der Waals surface area contributed by atoms with Crippen molar-refractivity contribution >= 4 is 38.4 Å². The molecule has 0 spiro atoms. The second-order valence-corrected chi connectivity index (χ2v) is 4.84. The molecule has 0 unspecified atom stereocenters. The fraction of sp³-hybridized carbons (Fsp3) is 0.100. The van der Waals surface area contributed by atoms with E-state index in [2.05, 4.69) is 15.9 Å². The zero-order valence-electron chi connectivity index (χ0n) is 7.39. The second kappa shape index (κ2) is 4.06. The molecule has 1 aromatic rings. The number of hydrogen-bond donors (Lipinski definition) is 0. The molecule has 0 bridgehead atoms. The van der Waals surface area contributed by atoms with Crippen LogP contribution < -0.4 is 0 Å². The number of carbonyl (C=O) groups excluding carboxylic acids is 1. The van der Waals surface area contributed by atoms with Crippen LogP contribution in [0.3, 0.4) is 0 Å². The molecule has 1 aliphatic rings. The van der Waals surface area contributed by atoms with Crippen LogP contribution >= 0.6 is 27.7 Å². The van der Waals surface area contributed by atoms with Crippen LogP contribution in [0.5, 0.6) is 0 Å². The highest BCUT2D eigenvalue weighted by Gasteiger charge is 2.19. The molecule has 0 atom stereocenters. The van der Waals surface area contributed by atoms with Crippen molar-refractivity contribution in [2.45, 2.75) is 6.42 Å². The summed E-state index contributed by atoms with van der Waals surface area (Å²) in [6.07, 6.45) is 0.155. The Hall–Kier alpha value is -0.680. The zero-order chi connectivity index (χ0) is 11.0. The minimum Gasteiger partial charge on any atom is -0.286 e. The van der Waals surface area contributed by atoms with E-state index in [1.54, 1.807) is 5.41 Å². The number of hydrogen-bond acceptors (Lipinski definition) is 2. The first-order valence-corrected chi connectivity index (χ1v) is 5.78. The minimum atomic E-state index is -0.531. The number of carbonyl (C=O) groups is 1. The number of allylic oxidation sites excluding steroid dienone is 1. The summed E-state index contributed by atoms with van der Waals surface area (Å²) in [5, 5.41) is 1.52. The summed E-state index contributed by atoms with van der Waals surface area (Å²) in [5.41, 5.74) is 0.697. The molecule has 15 heavy (non-hydrogen) atoms. The van der Waals surface area contributed by atoms with E-state index in [4.69, 9.17) is 0 Å². The molecule has 0 N–H and O–H groups in total. The normalized spacial score (nSPS) is 15.7. The SMILES string of the molecule is O=C1CC(c2cc(F)c(Br)cc2F)=CS1. The first-order valence-electron chi connectivity index (χ1n) is 4.11. The molecule has 0 aromatic heterocycles. The van der Waals surface area contributed by atoms with Crippen LogP contribution in [-0.2, 0) is 4.79 Å².